The highest BCUT2D eigenvalue weighted by Crippen LogP contribution is 2.37. The molecule has 1 heterocycles. The second-order valence-electron chi connectivity index (χ2n) is 4.24. The fourth-order valence-corrected chi connectivity index (χ4v) is 2.14. The van der Waals surface area contributed by atoms with E-state index in [9.17, 15) is 13.2 Å². The summed E-state index contributed by atoms with van der Waals surface area (Å²) in [5.41, 5.74) is 0.892. The Labute approximate surface area is 106 Å². The molecule has 0 unspecified atom stereocenters. The lowest BCUT2D eigenvalue weighted by Gasteiger charge is -2.26. The first-order valence-corrected chi connectivity index (χ1v) is 6.12. The van der Waals surface area contributed by atoms with Crippen LogP contribution in [0.2, 0.25) is 0 Å². The van der Waals surface area contributed by atoms with E-state index in [2.05, 4.69) is 20.9 Å². The van der Waals surface area contributed by atoms with Gasteiger partial charge in [-0.1, -0.05) is 0 Å². The standard InChI is InChI=1S/C11H12BrF3N2/c1-7-4-5-16-10(9(7)12)17(8-2-3-8)6-11(13,14)15/h4-5,8H,2-3,6H2,1H3. The molecule has 94 valence electrons. The Morgan fingerprint density at radius 1 is 1.47 bits per heavy atom. The molecule has 0 amide bonds. The lowest BCUT2D eigenvalue weighted by molar-refractivity contribution is -0.120. The van der Waals surface area contributed by atoms with Crippen molar-refractivity contribution in [1.82, 2.24) is 4.98 Å². The third kappa shape index (κ3) is 3.12. The summed E-state index contributed by atoms with van der Waals surface area (Å²) in [4.78, 5) is 5.41. The van der Waals surface area contributed by atoms with Crippen LogP contribution in [0.1, 0.15) is 18.4 Å². The molecule has 0 atom stereocenters. The van der Waals surface area contributed by atoms with Gasteiger partial charge in [0.15, 0.2) is 0 Å². The number of nitrogens with zero attached hydrogens (tertiary/aromatic N) is 2. The van der Waals surface area contributed by atoms with Crippen LogP contribution >= 0.6 is 15.9 Å². The van der Waals surface area contributed by atoms with Crippen LogP contribution in [-0.4, -0.2) is 23.7 Å². The van der Waals surface area contributed by atoms with Gasteiger partial charge in [-0.15, -0.1) is 0 Å². The van der Waals surface area contributed by atoms with E-state index in [4.69, 9.17) is 0 Å². The van der Waals surface area contributed by atoms with Crippen molar-refractivity contribution in [3.05, 3.63) is 22.3 Å². The van der Waals surface area contributed by atoms with Crippen molar-refractivity contribution in [2.45, 2.75) is 32.0 Å². The van der Waals surface area contributed by atoms with Gasteiger partial charge in [0, 0.05) is 12.2 Å². The maximum atomic E-state index is 12.5. The van der Waals surface area contributed by atoms with Crippen LogP contribution in [-0.2, 0) is 0 Å². The first-order valence-electron chi connectivity index (χ1n) is 5.33. The summed E-state index contributed by atoms with van der Waals surface area (Å²) in [6.07, 6.45) is -1.05. The van der Waals surface area contributed by atoms with Gasteiger partial charge in [-0.3, -0.25) is 0 Å². The summed E-state index contributed by atoms with van der Waals surface area (Å²) in [6.45, 7) is 0.903. The van der Waals surface area contributed by atoms with Crippen molar-refractivity contribution in [1.29, 1.82) is 0 Å². The first kappa shape index (κ1) is 12.7. The third-order valence-electron chi connectivity index (χ3n) is 2.67. The predicted octanol–water partition coefficient (Wildman–Crippen LogP) is 3.68. The minimum absolute atomic E-state index is 0.0257. The number of aromatic nitrogens is 1. The average Bonchev–Trinajstić information content (AvgIpc) is 3.01. The minimum Gasteiger partial charge on any atom is -0.344 e. The molecule has 1 aliphatic rings. The van der Waals surface area contributed by atoms with Gasteiger partial charge >= 0.3 is 6.18 Å². The van der Waals surface area contributed by atoms with Gasteiger partial charge in [0.05, 0.1) is 4.47 Å². The van der Waals surface area contributed by atoms with Gasteiger partial charge in [-0.2, -0.15) is 13.2 Å². The normalized spacial score (nSPS) is 16.1. The molecule has 1 saturated carbocycles. The van der Waals surface area contributed by atoms with Crippen molar-refractivity contribution in [3.63, 3.8) is 0 Å². The average molecular weight is 309 g/mol. The molecule has 6 heteroatoms. The van der Waals surface area contributed by atoms with E-state index in [1.165, 1.54) is 4.90 Å². The van der Waals surface area contributed by atoms with Crippen LogP contribution in [0.4, 0.5) is 19.0 Å². The fourth-order valence-electron chi connectivity index (χ4n) is 1.68. The summed E-state index contributed by atoms with van der Waals surface area (Å²) in [5.74, 6) is 0.393. The highest BCUT2D eigenvalue weighted by atomic mass is 79.9. The van der Waals surface area contributed by atoms with Gasteiger partial charge in [-0.25, -0.2) is 4.98 Å². The van der Waals surface area contributed by atoms with Crippen LogP contribution in [0.25, 0.3) is 0 Å². The molecule has 0 bridgehead atoms. The molecular weight excluding hydrogens is 297 g/mol. The Morgan fingerprint density at radius 3 is 2.65 bits per heavy atom. The SMILES string of the molecule is Cc1ccnc(N(CC(F)(F)F)C2CC2)c1Br. The van der Waals surface area contributed by atoms with Crippen molar-refractivity contribution in [2.24, 2.45) is 0 Å². The number of hydrogen-bond donors (Lipinski definition) is 0. The van der Waals surface area contributed by atoms with E-state index in [0.717, 1.165) is 18.4 Å². The van der Waals surface area contributed by atoms with Crippen LogP contribution in [0.3, 0.4) is 0 Å². The fraction of sp³-hybridized carbons (Fsp3) is 0.545. The van der Waals surface area contributed by atoms with Crippen LogP contribution < -0.4 is 4.90 Å². The molecular formula is C11H12BrF3N2. The smallest absolute Gasteiger partial charge is 0.344 e. The topological polar surface area (TPSA) is 16.1 Å². The number of hydrogen-bond acceptors (Lipinski definition) is 2. The van der Waals surface area contributed by atoms with E-state index < -0.39 is 12.7 Å². The third-order valence-corrected chi connectivity index (χ3v) is 3.65. The van der Waals surface area contributed by atoms with E-state index in [-0.39, 0.29) is 6.04 Å². The zero-order valence-electron chi connectivity index (χ0n) is 9.26. The highest BCUT2D eigenvalue weighted by Gasteiger charge is 2.39. The lowest BCUT2D eigenvalue weighted by Crippen LogP contribution is -2.36. The second-order valence-corrected chi connectivity index (χ2v) is 5.03. The van der Waals surface area contributed by atoms with Crippen LogP contribution in [0.15, 0.2) is 16.7 Å². The van der Waals surface area contributed by atoms with Crippen LogP contribution in [0.5, 0.6) is 0 Å². The predicted molar refractivity (Wildman–Crippen MR) is 63.1 cm³/mol. The molecule has 0 aliphatic heterocycles. The lowest BCUT2D eigenvalue weighted by atomic mass is 10.3. The molecule has 1 fully saturated rings. The molecule has 1 aromatic rings. The summed E-state index contributed by atoms with van der Waals surface area (Å²) >= 11 is 3.31. The van der Waals surface area contributed by atoms with Crippen molar-refractivity contribution >= 4 is 21.7 Å². The minimum atomic E-state index is -4.20. The Bertz CT molecular complexity index is 416. The van der Waals surface area contributed by atoms with Gasteiger partial charge in [0.25, 0.3) is 0 Å². The summed E-state index contributed by atoms with van der Waals surface area (Å²) in [5, 5.41) is 0. The quantitative estimate of drug-likeness (QED) is 0.846. The molecule has 1 aliphatic carbocycles. The Hall–Kier alpha value is -0.780. The molecule has 2 nitrogen and oxygen atoms in total. The van der Waals surface area contributed by atoms with E-state index in [1.807, 2.05) is 6.92 Å². The monoisotopic (exact) mass is 308 g/mol. The number of anilines is 1. The molecule has 0 N–H and O–H groups in total. The van der Waals surface area contributed by atoms with Gasteiger partial charge in [0.1, 0.15) is 12.4 Å². The Morgan fingerprint density at radius 2 is 2.12 bits per heavy atom. The number of halogens is 4. The highest BCUT2D eigenvalue weighted by molar-refractivity contribution is 9.10. The van der Waals surface area contributed by atoms with Gasteiger partial charge in [-0.05, 0) is 47.3 Å². The van der Waals surface area contributed by atoms with E-state index in [0.29, 0.717) is 10.3 Å². The molecule has 0 aromatic carbocycles. The number of aryl methyl sites for hydroxylation is 1. The van der Waals surface area contributed by atoms with Gasteiger partial charge in [0.2, 0.25) is 0 Å². The summed E-state index contributed by atoms with van der Waals surface area (Å²) < 4.78 is 38.2. The van der Waals surface area contributed by atoms with Gasteiger partial charge < -0.3 is 4.90 Å². The Balaban J connectivity index is 2.29. The Kier molecular flexibility index (Phi) is 3.34. The molecule has 0 radical (unpaired) electrons. The summed E-state index contributed by atoms with van der Waals surface area (Å²) in [7, 11) is 0. The molecule has 2 rings (SSSR count). The van der Waals surface area contributed by atoms with Crippen molar-refractivity contribution in [2.75, 3.05) is 11.4 Å². The second kappa shape index (κ2) is 4.48. The molecule has 17 heavy (non-hydrogen) atoms. The zero-order valence-corrected chi connectivity index (χ0v) is 10.8. The van der Waals surface area contributed by atoms with E-state index in [1.54, 1.807) is 12.3 Å². The zero-order chi connectivity index (χ0) is 12.6. The number of rotatable bonds is 3. The van der Waals surface area contributed by atoms with E-state index >= 15 is 0 Å². The summed E-state index contributed by atoms with van der Waals surface area (Å²) in [6, 6.07) is 1.74. The largest absolute Gasteiger partial charge is 0.405 e. The molecule has 0 spiro atoms. The number of pyridine rings is 1. The molecule has 1 aromatic heterocycles. The van der Waals surface area contributed by atoms with Crippen LogP contribution in [0, 0.1) is 6.92 Å². The first-order chi connectivity index (χ1) is 7.88. The number of alkyl halides is 3. The van der Waals surface area contributed by atoms with Crippen molar-refractivity contribution < 1.29 is 13.2 Å². The maximum Gasteiger partial charge on any atom is 0.405 e. The maximum absolute atomic E-state index is 12.5. The molecule has 0 saturated heterocycles. The van der Waals surface area contributed by atoms with Crippen molar-refractivity contribution in [3.8, 4) is 0 Å².